The number of rotatable bonds is 5. The van der Waals surface area contributed by atoms with Crippen LogP contribution in [0.3, 0.4) is 0 Å². The van der Waals surface area contributed by atoms with Gasteiger partial charge in [-0.25, -0.2) is 0 Å². The molecule has 1 N–H and O–H groups in total. The van der Waals surface area contributed by atoms with Crippen LogP contribution in [0, 0.1) is 13.8 Å². The minimum absolute atomic E-state index is 0.663. The van der Waals surface area contributed by atoms with Gasteiger partial charge in [0, 0.05) is 30.4 Å². The molecule has 134 valence electrons. The molecule has 1 aliphatic heterocycles. The standard InChI is InChI=1S/C22H26N4/c1-16-7-3-4-8-19(16)18-11-13-26(15-18)14-12-23-22-21-10-6-5-9-20(21)17(2)24-25-22/h3-10,18H,11-15H2,1-2H3,(H,23,25). The second-order valence-corrected chi connectivity index (χ2v) is 7.25. The van der Waals surface area contributed by atoms with Crippen LogP contribution in [-0.2, 0) is 0 Å². The topological polar surface area (TPSA) is 41.0 Å². The molecule has 0 aliphatic carbocycles. The molecule has 2 heterocycles. The Labute approximate surface area is 155 Å². The van der Waals surface area contributed by atoms with Gasteiger partial charge in [-0.05, 0) is 43.9 Å². The van der Waals surface area contributed by atoms with Crippen LogP contribution in [0.15, 0.2) is 48.5 Å². The highest BCUT2D eigenvalue weighted by Gasteiger charge is 2.24. The van der Waals surface area contributed by atoms with Gasteiger partial charge in [-0.15, -0.1) is 5.10 Å². The van der Waals surface area contributed by atoms with Gasteiger partial charge in [-0.2, -0.15) is 5.10 Å². The van der Waals surface area contributed by atoms with Crippen molar-refractivity contribution in [3.63, 3.8) is 0 Å². The number of hydrogen-bond acceptors (Lipinski definition) is 4. The Morgan fingerprint density at radius 1 is 1.00 bits per heavy atom. The smallest absolute Gasteiger partial charge is 0.156 e. The van der Waals surface area contributed by atoms with Crippen molar-refractivity contribution in [3.05, 3.63) is 65.4 Å². The van der Waals surface area contributed by atoms with Crippen LogP contribution in [0.25, 0.3) is 10.8 Å². The largest absolute Gasteiger partial charge is 0.367 e. The predicted octanol–water partition coefficient (Wildman–Crippen LogP) is 4.15. The average molecular weight is 346 g/mol. The maximum absolute atomic E-state index is 4.37. The SMILES string of the molecule is Cc1ccccc1C1CCN(CCNc2nnc(C)c3ccccc23)C1. The molecule has 4 nitrogen and oxygen atoms in total. The number of fused-ring (bicyclic) bond motifs is 1. The molecule has 4 heteroatoms. The summed E-state index contributed by atoms with van der Waals surface area (Å²) >= 11 is 0. The molecule has 3 aromatic rings. The molecule has 0 saturated carbocycles. The molecule has 2 aromatic carbocycles. The molecule has 0 spiro atoms. The zero-order chi connectivity index (χ0) is 17.9. The van der Waals surface area contributed by atoms with Crippen molar-refractivity contribution in [2.45, 2.75) is 26.2 Å². The maximum atomic E-state index is 4.37. The molecular weight excluding hydrogens is 320 g/mol. The molecule has 0 amide bonds. The van der Waals surface area contributed by atoms with Crippen LogP contribution in [0.2, 0.25) is 0 Å². The summed E-state index contributed by atoms with van der Waals surface area (Å²) in [7, 11) is 0. The molecule has 1 atom stereocenters. The molecule has 26 heavy (non-hydrogen) atoms. The number of nitrogens with zero attached hydrogens (tertiary/aromatic N) is 3. The zero-order valence-electron chi connectivity index (χ0n) is 15.6. The number of anilines is 1. The Balaban J connectivity index is 1.36. The number of aryl methyl sites for hydroxylation is 2. The summed E-state index contributed by atoms with van der Waals surface area (Å²) in [6.07, 6.45) is 1.25. The molecule has 0 bridgehead atoms. The summed E-state index contributed by atoms with van der Waals surface area (Å²) < 4.78 is 0. The third-order valence-corrected chi connectivity index (χ3v) is 5.49. The van der Waals surface area contributed by atoms with E-state index in [0.29, 0.717) is 5.92 Å². The summed E-state index contributed by atoms with van der Waals surface area (Å²) in [6.45, 7) is 8.47. The first-order valence-corrected chi connectivity index (χ1v) is 9.46. The van der Waals surface area contributed by atoms with Crippen LogP contribution in [0.1, 0.15) is 29.2 Å². The van der Waals surface area contributed by atoms with Gasteiger partial charge in [-0.1, -0.05) is 48.5 Å². The van der Waals surface area contributed by atoms with E-state index in [-0.39, 0.29) is 0 Å². The van der Waals surface area contributed by atoms with E-state index in [1.54, 1.807) is 0 Å². The van der Waals surface area contributed by atoms with Crippen LogP contribution in [-0.4, -0.2) is 41.3 Å². The average Bonchev–Trinajstić information content (AvgIpc) is 3.13. The lowest BCUT2D eigenvalue weighted by Crippen LogP contribution is -2.27. The van der Waals surface area contributed by atoms with E-state index >= 15 is 0 Å². The molecule has 4 rings (SSSR count). The van der Waals surface area contributed by atoms with Crippen molar-refractivity contribution >= 4 is 16.6 Å². The highest BCUT2D eigenvalue weighted by atomic mass is 15.2. The molecule has 1 unspecified atom stereocenters. The lowest BCUT2D eigenvalue weighted by Gasteiger charge is -2.18. The van der Waals surface area contributed by atoms with Gasteiger partial charge in [0.1, 0.15) is 0 Å². The second kappa shape index (κ2) is 7.42. The first-order valence-electron chi connectivity index (χ1n) is 9.46. The lowest BCUT2D eigenvalue weighted by atomic mass is 9.94. The zero-order valence-corrected chi connectivity index (χ0v) is 15.6. The van der Waals surface area contributed by atoms with Crippen molar-refractivity contribution in [2.24, 2.45) is 0 Å². The van der Waals surface area contributed by atoms with Crippen molar-refractivity contribution in [3.8, 4) is 0 Å². The van der Waals surface area contributed by atoms with Gasteiger partial charge in [-0.3, -0.25) is 0 Å². The van der Waals surface area contributed by atoms with E-state index in [1.807, 2.05) is 6.92 Å². The number of aromatic nitrogens is 2. The Morgan fingerprint density at radius 3 is 2.62 bits per heavy atom. The molecule has 0 radical (unpaired) electrons. The molecular formula is C22H26N4. The maximum Gasteiger partial charge on any atom is 0.156 e. The van der Waals surface area contributed by atoms with Crippen molar-refractivity contribution in [2.75, 3.05) is 31.5 Å². The fourth-order valence-electron chi connectivity index (χ4n) is 4.04. The van der Waals surface area contributed by atoms with Crippen molar-refractivity contribution in [1.29, 1.82) is 0 Å². The van der Waals surface area contributed by atoms with E-state index in [2.05, 4.69) is 75.9 Å². The molecule has 1 aromatic heterocycles. The first-order chi connectivity index (χ1) is 12.7. The monoisotopic (exact) mass is 346 g/mol. The van der Waals surface area contributed by atoms with E-state index in [9.17, 15) is 0 Å². The third-order valence-electron chi connectivity index (χ3n) is 5.49. The second-order valence-electron chi connectivity index (χ2n) is 7.25. The quantitative estimate of drug-likeness (QED) is 0.753. The highest BCUT2D eigenvalue weighted by Crippen LogP contribution is 2.29. The summed E-state index contributed by atoms with van der Waals surface area (Å²) in [5, 5.41) is 14.5. The molecule has 1 saturated heterocycles. The Kier molecular flexibility index (Phi) is 4.85. The van der Waals surface area contributed by atoms with Crippen molar-refractivity contribution in [1.82, 2.24) is 15.1 Å². The van der Waals surface area contributed by atoms with Crippen LogP contribution in [0.5, 0.6) is 0 Å². The number of nitrogens with one attached hydrogen (secondary N) is 1. The minimum atomic E-state index is 0.663. The van der Waals surface area contributed by atoms with Gasteiger partial charge in [0.2, 0.25) is 0 Å². The van der Waals surface area contributed by atoms with E-state index < -0.39 is 0 Å². The van der Waals surface area contributed by atoms with Gasteiger partial charge in [0.25, 0.3) is 0 Å². The lowest BCUT2D eigenvalue weighted by molar-refractivity contribution is 0.347. The van der Waals surface area contributed by atoms with E-state index in [4.69, 9.17) is 0 Å². The number of likely N-dealkylation sites (tertiary alicyclic amines) is 1. The Hall–Kier alpha value is -2.46. The normalized spacial score (nSPS) is 17.7. The minimum Gasteiger partial charge on any atom is -0.367 e. The van der Waals surface area contributed by atoms with Crippen LogP contribution >= 0.6 is 0 Å². The summed E-state index contributed by atoms with van der Waals surface area (Å²) in [5.74, 6) is 1.55. The molecule has 1 fully saturated rings. The fourth-order valence-corrected chi connectivity index (χ4v) is 4.04. The third kappa shape index (κ3) is 3.42. The Bertz CT molecular complexity index is 906. The first kappa shape index (κ1) is 17.0. The Morgan fingerprint density at radius 2 is 1.77 bits per heavy atom. The number of hydrogen-bond donors (Lipinski definition) is 1. The summed E-state index contributed by atoms with van der Waals surface area (Å²) in [6, 6.07) is 17.1. The van der Waals surface area contributed by atoms with Gasteiger partial charge in [0.05, 0.1) is 5.69 Å². The van der Waals surface area contributed by atoms with Gasteiger partial charge in [0.15, 0.2) is 5.82 Å². The van der Waals surface area contributed by atoms with E-state index in [1.165, 1.54) is 29.5 Å². The summed E-state index contributed by atoms with van der Waals surface area (Å²) in [4.78, 5) is 2.55. The fraction of sp³-hybridized carbons (Fsp3) is 0.364. The van der Waals surface area contributed by atoms with Crippen LogP contribution < -0.4 is 5.32 Å². The molecule has 1 aliphatic rings. The summed E-state index contributed by atoms with van der Waals surface area (Å²) in [5.41, 5.74) is 3.91. The predicted molar refractivity (Wildman–Crippen MR) is 108 cm³/mol. The van der Waals surface area contributed by atoms with Gasteiger partial charge >= 0.3 is 0 Å². The van der Waals surface area contributed by atoms with E-state index in [0.717, 1.165) is 36.5 Å². The van der Waals surface area contributed by atoms with Gasteiger partial charge < -0.3 is 10.2 Å². The van der Waals surface area contributed by atoms with Crippen molar-refractivity contribution < 1.29 is 0 Å². The van der Waals surface area contributed by atoms with Crippen LogP contribution in [0.4, 0.5) is 5.82 Å². The number of benzene rings is 2. The highest BCUT2D eigenvalue weighted by molar-refractivity contribution is 5.92.